The van der Waals surface area contributed by atoms with E-state index < -0.39 is 11.7 Å². The van der Waals surface area contributed by atoms with Crippen molar-refractivity contribution in [3.63, 3.8) is 0 Å². The summed E-state index contributed by atoms with van der Waals surface area (Å²) in [5, 5.41) is 0.645. The van der Waals surface area contributed by atoms with Crippen LogP contribution in [0.2, 0.25) is 0 Å². The zero-order chi connectivity index (χ0) is 22.8. The van der Waals surface area contributed by atoms with Crippen LogP contribution in [0.3, 0.4) is 0 Å². The number of aromatic nitrogens is 1. The first kappa shape index (κ1) is 21.5. The minimum absolute atomic E-state index is 0.373. The smallest absolute Gasteiger partial charge is 0.295 e. The summed E-state index contributed by atoms with van der Waals surface area (Å²) in [5.41, 5.74) is 2.72. The number of anilines is 1. The van der Waals surface area contributed by atoms with Crippen LogP contribution in [0, 0.1) is 6.92 Å². The topological polar surface area (TPSA) is 84.1 Å². The van der Waals surface area contributed by atoms with E-state index in [1.54, 1.807) is 38.2 Å². The van der Waals surface area contributed by atoms with Crippen LogP contribution in [0.1, 0.15) is 16.1 Å². The molecular formula is C24H27N3O5. The first-order valence-corrected chi connectivity index (χ1v) is 10.4. The van der Waals surface area contributed by atoms with Gasteiger partial charge in [0.1, 0.15) is 5.75 Å². The lowest BCUT2D eigenvalue weighted by molar-refractivity contribution is -0.126. The van der Waals surface area contributed by atoms with Gasteiger partial charge in [-0.3, -0.25) is 9.59 Å². The number of carbonyl (C=O) groups is 2. The molecule has 2 aromatic carbocycles. The van der Waals surface area contributed by atoms with Crippen LogP contribution >= 0.6 is 0 Å². The SMILES string of the molecule is COc1cc2[nH]c(C)c(C(=O)C(=O)N3CCN(c4ccccc4OC)CC3)c2cc1OC. The van der Waals surface area contributed by atoms with Crippen molar-refractivity contribution in [2.24, 2.45) is 0 Å². The highest BCUT2D eigenvalue weighted by Crippen LogP contribution is 2.35. The molecule has 3 aromatic rings. The molecule has 0 aliphatic carbocycles. The molecule has 0 bridgehead atoms. The lowest BCUT2D eigenvalue weighted by Gasteiger charge is -2.36. The lowest BCUT2D eigenvalue weighted by atomic mass is 10.0. The van der Waals surface area contributed by atoms with Crippen LogP contribution in [-0.2, 0) is 4.79 Å². The average Bonchev–Trinajstić information content (AvgIpc) is 3.16. The summed E-state index contributed by atoms with van der Waals surface area (Å²) in [4.78, 5) is 33.3. The maximum absolute atomic E-state index is 13.2. The van der Waals surface area contributed by atoms with Crippen LogP contribution in [-0.4, -0.2) is 69.1 Å². The number of methoxy groups -OCH3 is 3. The number of H-pyrrole nitrogens is 1. The van der Waals surface area contributed by atoms with Gasteiger partial charge in [0.15, 0.2) is 11.5 Å². The minimum Gasteiger partial charge on any atom is -0.495 e. The largest absolute Gasteiger partial charge is 0.495 e. The molecule has 32 heavy (non-hydrogen) atoms. The molecule has 0 saturated carbocycles. The van der Waals surface area contributed by atoms with Crippen molar-refractivity contribution in [2.45, 2.75) is 6.92 Å². The van der Waals surface area contributed by atoms with E-state index in [-0.39, 0.29) is 0 Å². The van der Waals surface area contributed by atoms with Gasteiger partial charge in [-0.25, -0.2) is 0 Å². The molecule has 2 heterocycles. The third kappa shape index (κ3) is 3.72. The third-order valence-corrected chi connectivity index (χ3v) is 5.90. The fourth-order valence-electron chi connectivity index (χ4n) is 4.24. The number of carbonyl (C=O) groups excluding carboxylic acids is 2. The molecule has 1 aliphatic rings. The normalized spacial score (nSPS) is 13.9. The van der Waals surface area contributed by atoms with Crippen molar-refractivity contribution >= 4 is 28.3 Å². The lowest BCUT2D eigenvalue weighted by Crippen LogP contribution is -2.50. The molecule has 168 valence electrons. The Morgan fingerprint density at radius 1 is 0.875 bits per heavy atom. The van der Waals surface area contributed by atoms with E-state index in [9.17, 15) is 9.59 Å². The zero-order valence-electron chi connectivity index (χ0n) is 18.7. The fraction of sp³-hybridized carbons (Fsp3) is 0.333. The van der Waals surface area contributed by atoms with Crippen LogP contribution in [0.15, 0.2) is 36.4 Å². The molecule has 1 saturated heterocycles. The van der Waals surface area contributed by atoms with Gasteiger partial charge in [0.05, 0.1) is 38.1 Å². The zero-order valence-corrected chi connectivity index (χ0v) is 18.7. The van der Waals surface area contributed by atoms with Crippen molar-refractivity contribution < 1.29 is 23.8 Å². The van der Waals surface area contributed by atoms with Gasteiger partial charge < -0.3 is 29.0 Å². The number of para-hydroxylation sites is 2. The Balaban J connectivity index is 1.54. The number of aryl methyl sites for hydroxylation is 1. The van der Waals surface area contributed by atoms with Gasteiger partial charge >= 0.3 is 0 Å². The summed E-state index contributed by atoms with van der Waals surface area (Å²) in [7, 11) is 4.74. The maximum atomic E-state index is 13.2. The number of piperazine rings is 1. The number of benzene rings is 2. The third-order valence-electron chi connectivity index (χ3n) is 5.90. The van der Waals surface area contributed by atoms with Gasteiger partial charge in [-0.15, -0.1) is 0 Å². The highest BCUT2D eigenvalue weighted by Gasteiger charge is 2.30. The molecule has 0 radical (unpaired) electrons. The van der Waals surface area contributed by atoms with Crippen LogP contribution < -0.4 is 19.1 Å². The maximum Gasteiger partial charge on any atom is 0.295 e. The molecule has 0 spiro atoms. The monoisotopic (exact) mass is 437 g/mol. The average molecular weight is 437 g/mol. The van der Waals surface area contributed by atoms with Crippen molar-refractivity contribution in [3.8, 4) is 17.2 Å². The molecule has 4 rings (SSSR count). The van der Waals surface area contributed by atoms with Gasteiger partial charge in [-0.1, -0.05) is 12.1 Å². The van der Waals surface area contributed by atoms with Gasteiger partial charge in [0.25, 0.3) is 11.7 Å². The first-order chi connectivity index (χ1) is 15.5. The summed E-state index contributed by atoms with van der Waals surface area (Å²) in [5.74, 6) is 0.835. The molecular weight excluding hydrogens is 410 g/mol. The van der Waals surface area contributed by atoms with Crippen molar-refractivity contribution in [1.82, 2.24) is 9.88 Å². The van der Waals surface area contributed by atoms with E-state index in [1.807, 2.05) is 24.3 Å². The number of amides is 1. The van der Waals surface area contributed by atoms with E-state index >= 15 is 0 Å². The van der Waals surface area contributed by atoms with Crippen molar-refractivity contribution in [1.29, 1.82) is 0 Å². The second-order valence-corrected chi connectivity index (χ2v) is 7.66. The number of ether oxygens (including phenoxy) is 3. The van der Waals surface area contributed by atoms with Gasteiger partial charge in [-0.05, 0) is 25.1 Å². The molecule has 1 aliphatic heterocycles. The Morgan fingerprint density at radius 3 is 2.16 bits per heavy atom. The quantitative estimate of drug-likeness (QED) is 0.471. The summed E-state index contributed by atoms with van der Waals surface area (Å²) in [6.45, 7) is 3.95. The fourth-order valence-corrected chi connectivity index (χ4v) is 4.24. The number of rotatable bonds is 6. The van der Waals surface area contributed by atoms with Crippen LogP contribution in [0.4, 0.5) is 5.69 Å². The molecule has 0 unspecified atom stereocenters. The van der Waals surface area contributed by atoms with Crippen LogP contribution in [0.25, 0.3) is 10.9 Å². The summed E-state index contributed by atoms with van der Waals surface area (Å²) in [6.07, 6.45) is 0. The number of hydrogen-bond acceptors (Lipinski definition) is 6. The predicted molar refractivity (Wildman–Crippen MR) is 122 cm³/mol. The highest BCUT2D eigenvalue weighted by molar-refractivity contribution is 6.45. The van der Waals surface area contributed by atoms with Gasteiger partial charge in [-0.2, -0.15) is 0 Å². The Hall–Kier alpha value is -3.68. The molecule has 0 atom stereocenters. The highest BCUT2D eigenvalue weighted by atomic mass is 16.5. The summed E-state index contributed by atoms with van der Waals surface area (Å²) in [6, 6.07) is 11.3. The van der Waals surface area contributed by atoms with E-state index in [2.05, 4.69) is 9.88 Å². The number of Topliss-reactive ketones (excluding diaryl/α,β-unsaturated/α-hetero) is 1. The molecule has 1 fully saturated rings. The molecule has 8 heteroatoms. The Morgan fingerprint density at radius 2 is 1.50 bits per heavy atom. The number of aromatic amines is 1. The minimum atomic E-state index is -0.522. The predicted octanol–water partition coefficient (Wildman–Crippen LogP) is 3.03. The van der Waals surface area contributed by atoms with Crippen molar-refractivity contribution in [3.05, 3.63) is 47.7 Å². The Bertz CT molecular complexity index is 1160. The second-order valence-electron chi connectivity index (χ2n) is 7.66. The van der Waals surface area contributed by atoms with E-state index in [1.165, 1.54) is 7.11 Å². The number of nitrogens with one attached hydrogen (secondary N) is 1. The molecule has 1 amide bonds. The molecule has 1 aromatic heterocycles. The van der Waals surface area contributed by atoms with Gasteiger partial charge in [0.2, 0.25) is 0 Å². The van der Waals surface area contributed by atoms with E-state index in [0.717, 1.165) is 17.0 Å². The number of hydrogen-bond donors (Lipinski definition) is 1. The van der Waals surface area contributed by atoms with E-state index in [0.29, 0.717) is 54.3 Å². The standard InChI is InChI=1S/C24H27N3O5/c1-15-22(16-13-20(31-3)21(32-4)14-17(16)25-15)23(28)24(29)27-11-9-26(10-12-27)18-7-5-6-8-19(18)30-2/h5-8,13-14,25H,9-12H2,1-4H3. The first-order valence-electron chi connectivity index (χ1n) is 10.4. The second kappa shape index (κ2) is 8.82. The summed E-state index contributed by atoms with van der Waals surface area (Å²) >= 11 is 0. The van der Waals surface area contributed by atoms with E-state index in [4.69, 9.17) is 14.2 Å². The molecule has 1 N–H and O–H groups in total. The Labute approximate surface area is 186 Å². The number of fused-ring (bicyclic) bond motifs is 1. The van der Waals surface area contributed by atoms with Crippen molar-refractivity contribution in [2.75, 3.05) is 52.4 Å². The number of ketones is 1. The summed E-state index contributed by atoms with van der Waals surface area (Å²) < 4.78 is 16.2. The van der Waals surface area contributed by atoms with Gasteiger partial charge in [0, 0.05) is 43.3 Å². The number of nitrogens with zero attached hydrogens (tertiary/aromatic N) is 2. The Kier molecular flexibility index (Phi) is 5.94. The van der Waals surface area contributed by atoms with Crippen LogP contribution in [0.5, 0.6) is 17.2 Å². The molecule has 8 nitrogen and oxygen atoms in total.